The molecule has 0 spiro atoms. The Morgan fingerprint density at radius 2 is 1.76 bits per heavy atom. The molecular formula is C16H20O. The van der Waals surface area contributed by atoms with E-state index >= 15 is 0 Å². The van der Waals surface area contributed by atoms with Gasteiger partial charge in [-0.3, -0.25) is 0 Å². The highest BCUT2D eigenvalue weighted by Gasteiger charge is 2.28. The summed E-state index contributed by atoms with van der Waals surface area (Å²) in [6.45, 7) is 6.60. The van der Waals surface area contributed by atoms with E-state index in [-0.39, 0.29) is 5.41 Å². The first kappa shape index (κ1) is 12.2. The number of benzene rings is 1. The van der Waals surface area contributed by atoms with E-state index in [1.54, 1.807) is 0 Å². The average molecular weight is 228 g/mol. The molecule has 1 unspecified atom stereocenters. The number of rotatable bonds is 1. The third-order valence-corrected chi connectivity index (χ3v) is 3.18. The maximum atomic E-state index is 9.66. The third-order valence-electron chi connectivity index (χ3n) is 3.18. The van der Waals surface area contributed by atoms with Crippen molar-refractivity contribution in [1.82, 2.24) is 0 Å². The molecule has 2 rings (SSSR count). The molecule has 1 saturated carbocycles. The van der Waals surface area contributed by atoms with Gasteiger partial charge in [0.1, 0.15) is 6.10 Å². The Labute approximate surface area is 104 Å². The van der Waals surface area contributed by atoms with Crippen LogP contribution in [0.5, 0.6) is 0 Å². The van der Waals surface area contributed by atoms with Crippen LogP contribution in [0.25, 0.3) is 0 Å². The van der Waals surface area contributed by atoms with Crippen molar-refractivity contribution in [2.75, 3.05) is 0 Å². The van der Waals surface area contributed by atoms with Crippen LogP contribution in [-0.2, 0) is 5.41 Å². The second-order valence-electron chi connectivity index (χ2n) is 5.88. The van der Waals surface area contributed by atoms with Gasteiger partial charge in [0.2, 0.25) is 0 Å². The second-order valence-corrected chi connectivity index (χ2v) is 5.88. The molecule has 1 N–H and O–H groups in total. The zero-order valence-corrected chi connectivity index (χ0v) is 10.8. The molecule has 0 aromatic heterocycles. The largest absolute Gasteiger partial charge is 0.380 e. The fourth-order valence-electron chi connectivity index (χ4n) is 1.74. The Bertz CT molecular complexity index is 435. The molecule has 0 heterocycles. The van der Waals surface area contributed by atoms with Crippen LogP contribution in [-0.4, -0.2) is 11.2 Å². The minimum Gasteiger partial charge on any atom is -0.380 e. The zero-order valence-electron chi connectivity index (χ0n) is 10.8. The first-order valence-corrected chi connectivity index (χ1v) is 6.27. The molecule has 1 nitrogen and oxygen atoms in total. The van der Waals surface area contributed by atoms with Crippen LogP contribution in [0, 0.1) is 17.8 Å². The smallest absolute Gasteiger partial charge is 0.117 e. The van der Waals surface area contributed by atoms with E-state index in [0.29, 0.717) is 5.92 Å². The number of aliphatic hydroxyl groups excluding tert-OH is 1. The standard InChI is InChI=1S/C16H20O/c1-16(2,3)14-9-4-12(5-10-14)6-11-15(17)13-7-8-13/h4-5,9-10,13,15,17H,7-8H2,1-3H3. The summed E-state index contributed by atoms with van der Waals surface area (Å²) in [6.07, 6.45) is 1.81. The molecule has 1 aliphatic carbocycles. The lowest BCUT2D eigenvalue weighted by Gasteiger charge is -2.18. The van der Waals surface area contributed by atoms with Crippen molar-refractivity contribution >= 4 is 0 Å². The molecule has 0 amide bonds. The molecule has 17 heavy (non-hydrogen) atoms. The normalized spacial score (nSPS) is 17.2. The van der Waals surface area contributed by atoms with Crippen molar-refractivity contribution in [2.24, 2.45) is 5.92 Å². The lowest BCUT2D eigenvalue weighted by Crippen LogP contribution is -2.10. The predicted octanol–water partition coefficient (Wildman–Crippen LogP) is 3.11. The molecule has 1 heteroatoms. The van der Waals surface area contributed by atoms with Gasteiger partial charge in [0, 0.05) is 5.56 Å². The van der Waals surface area contributed by atoms with Gasteiger partial charge in [-0.25, -0.2) is 0 Å². The van der Waals surface area contributed by atoms with Crippen molar-refractivity contribution in [3.05, 3.63) is 35.4 Å². The van der Waals surface area contributed by atoms with Crippen molar-refractivity contribution in [2.45, 2.75) is 45.1 Å². The van der Waals surface area contributed by atoms with E-state index in [1.807, 2.05) is 12.1 Å². The minimum atomic E-state index is -0.433. The summed E-state index contributed by atoms with van der Waals surface area (Å²) in [5.74, 6) is 6.40. The van der Waals surface area contributed by atoms with E-state index < -0.39 is 6.10 Å². The maximum absolute atomic E-state index is 9.66. The summed E-state index contributed by atoms with van der Waals surface area (Å²) < 4.78 is 0. The molecule has 1 atom stereocenters. The van der Waals surface area contributed by atoms with E-state index in [9.17, 15) is 5.11 Å². The minimum absolute atomic E-state index is 0.180. The molecule has 0 radical (unpaired) electrons. The van der Waals surface area contributed by atoms with Crippen LogP contribution >= 0.6 is 0 Å². The Morgan fingerprint density at radius 3 is 2.24 bits per heavy atom. The topological polar surface area (TPSA) is 20.2 Å². The molecule has 1 aromatic carbocycles. The Balaban J connectivity index is 2.07. The lowest BCUT2D eigenvalue weighted by molar-refractivity contribution is 0.209. The van der Waals surface area contributed by atoms with E-state index in [1.165, 1.54) is 5.56 Å². The molecule has 0 aliphatic heterocycles. The first-order valence-electron chi connectivity index (χ1n) is 6.27. The predicted molar refractivity (Wildman–Crippen MR) is 70.8 cm³/mol. The number of hydrogen-bond donors (Lipinski definition) is 1. The van der Waals surface area contributed by atoms with Gasteiger partial charge in [0.15, 0.2) is 0 Å². The summed E-state index contributed by atoms with van der Waals surface area (Å²) in [5.41, 5.74) is 2.47. The van der Waals surface area contributed by atoms with Gasteiger partial charge >= 0.3 is 0 Å². The fourth-order valence-corrected chi connectivity index (χ4v) is 1.74. The first-order chi connectivity index (χ1) is 7.97. The van der Waals surface area contributed by atoms with E-state index in [2.05, 4.69) is 44.7 Å². The molecular weight excluding hydrogens is 208 g/mol. The Hall–Kier alpha value is -1.26. The molecule has 1 fully saturated rings. The van der Waals surface area contributed by atoms with E-state index in [4.69, 9.17) is 0 Å². The SMILES string of the molecule is CC(C)(C)c1ccc(C#CC(O)C2CC2)cc1. The molecule has 0 bridgehead atoms. The summed E-state index contributed by atoms with van der Waals surface area (Å²) in [4.78, 5) is 0. The van der Waals surface area contributed by atoms with Crippen LogP contribution in [0.3, 0.4) is 0 Å². The summed E-state index contributed by atoms with van der Waals surface area (Å²) in [5, 5.41) is 9.66. The van der Waals surface area contributed by atoms with Gasteiger partial charge in [-0.1, -0.05) is 44.7 Å². The van der Waals surface area contributed by atoms with Crippen LogP contribution in [0.4, 0.5) is 0 Å². The van der Waals surface area contributed by atoms with E-state index in [0.717, 1.165) is 18.4 Å². The fraction of sp³-hybridized carbons (Fsp3) is 0.500. The quantitative estimate of drug-likeness (QED) is 0.732. The lowest BCUT2D eigenvalue weighted by atomic mass is 9.87. The van der Waals surface area contributed by atoms with Gasteiger partial charge in [-0.05, 0) is 41.9 Å². The summed E-state index contributed by atoms with van der Waals surface area (Å²) in [6, 6.07) is 8.31. The molecule has 90 valence electrons. The van der Waals surface area contributed by atoms with Crippen molar-refractivity contribution in [3.63, 3.8) is 0 Å². The third kappa shape index (κ3) is 3.35. The van der Waals surface area contributed by atoms with Gasteiger partial charge in [0.25, 0.3) is 0 Å². The molecule has 1 aliphatic rings. The van der Waals surface area contributed by atoms with Gasteiger partial charge in [0.05, 0.1) is 0 Å². The summed E-state index contributed by atoms with van der Waals surface area (Å²) >= 11 is 0. The Morgan fingerprint density at radius 1 is 1.18 bits per heavy atom. The second kappa shape index (κ2) is 4.55. The van der Waals surface area contributed by atoms with Gasteiger partial charge in [-0.2, -0.15) is 0 Å². The van der Waals surface area contributed by atoms with Crippen molar-refractivity contribution in [3.8, 4) is 11.8 Å². The van der Waals surface area contributed by atoms with Crippen molar-refractivity contribution < 1.29 is 5.11 Å². The molecule has 1 aromatic rings. The van der Waals surface area contributed by atoms with Crippen LogP contribution in [0.1, 0.15) is 44.7 Å². The highest BCUT2D eigenvalue weighted by Crippen LogP contribution is 2.32. The average Bonchev–Trinajstić information content (AvgIpc) is 3.09. The van der Waals surface area contributed by atoms with Gasteiger partial charge in [-0.15, -0.1) is 0 Å². The number of hydrogen-bond acceptors (Lipinski definition) is 1. The van der Waals surface area contributed by atoms with Crippen molar-refractivity contribution in [1.29, 1.82) is 0 Å². The highest BCUT2D eigenvalue weighted by atomic mass is 16.3. The van der Waals surface area contributed by atoms with Crippen LogP contribution in [0.2, 0.25) is 0 Å². The molecule has 0 saturated heterocycles. The highest BCUT2D eigenvalue weighted by molar-refractivity contribution is 5.38. The Kier molecular flexibility index (Phi) is 3.26. The monoisotopic (exact) mass is 228 g/mol. The van der Waals surface area contributed by atoms with Crippen LogP contribution in [0.15, 0.2) is 24.3 Å². The van der Waals surface area contributed by atoms with Crippen LogP contribution < -0.4 is 0 Å². The zero-order chi connectivity index (χ0) is 12.5. The van der Waals surface area contributed by atoms with Gasteiger partial charge < -0.3 is 5.11 Å². The summed E-state index contributed by atoms with van der Waals surface area (Å²) in [7, 11) is 0. The number of aliphatic hydroxyl groups is 1. The maximum Gasteiger partial charge on any atom is 0.117 e.